The van der Waals surface area contributed by atoms with E-state index < -0.39 is 4.92 Å². The smallest absolute Gasteiger partial charge is 0.274 e. The predicted molar refractivity (Wildman–Crippen MR) is 73.7 cm³/mol. The molecule has 21 heavy (non-hydrogen) atoms. The van der Waals surface area contributed by atoms with Crippen LogP contribution in [0.1, 0.15) is 11.3 Å². The van der Waals surface area contributed by atoms with Gasteiger partial charge in [0.2, 0.25) is 5.91 Å². The molecule has 110 valence electrons. The first-order valence-electron chi connectivity index (χ1n) is 6.15. The van der Waals surface area contributed by atoms with Crippen molar-refractivity contribution in [3.63, 3.8) is 0 Å². The fraction of sp³-hybridized carbons (Fsp3) is 0.250. The summed E-state index contributed by atoms with van der Waals surface area (Å²) in [6.45, 7) is 1.74. The van der Waals surface area contributed by atoms with E-state index in [0.717, 1.165) is 0 Å². The lowest BCUT2D eigenvalue weighted by molar-refractivity contribution is -0.385. The minimum Gasteiger partial charge on any atom is -0.349 e. The maximum Gasteiger partial charge on any atom is 0.274 e. The zero-order chi connectivity index (χ0) is 15.4. The number of rotatable bonds is 5. The van der Waals surface area contributed by atoms with Crippen molar-refractivity contribution < 1.29 is 9.72 Å². The van der Waals surface area contributed by atoms with Crippen LogP contribution in [0.3, 0.4) is 0 Å². The van der Waals surface area contributed by atoms with E-state index in [1.54, 1.807) is 25.3 Å². The van der Waals surface area contributed by atoms with Gasteiger partial charge in [0.25, 0.3) is 5.69 Å². The number of aromatic nitrogens is 3. The molecule has 0 saturated heterocycles. The van der Waals surface area contributed by atoms with E-state index >= 15 is 0 Å². The Labute approximate surface area is 119 Å². The molecule has 1 aromatic carbocycles. The number of benzene rings is 1. The second kappa shape index (κ2) is 6.09. The van der Waals surface area contributed by atoms with Crippen LogP contribution < -0.4 is 11.1 Å². The summed E-state index contributed by atoms with van der Waals surface area (Å²) in [6.07, 6.45) is 1.60. The van der Waals surface area contributed by atoms with E-state index in [4.69, 9.17) is 5.73 Å². The third-order valence-electron chi connectivity index (χ3n) is 2.91. The first kappa shape index (κ1) is 14.6. The lowest BCUT2D eigenvalue weighted by atomic mass is 10.1. The topological polar surface area (TPSA) is 129 Å². The van der Waals surface area contributed by atoms with Gasteiger partial charge < -0.3 is 11.1 Å². The van der Waals surface area contributed by atoms with E-state index in [0.29, 0.717) is 16.9 Å². The van der Waals surface area contributed by atoms with Crippen molar-refractivity contribution in [3.05, 3.63) is 45.8 Å². The van der Waals surface area contributed by atoms with Crippen LogP contribution in [0.15, 0.2) is 24.4 Å². The van der Waals surface area contributed by atoms with Gasteiger partial charge in [0.1, 0.15) is 5.69 Å². The third kappa shape index (κ3) is 3.20. The Bertz CT molecular complexity index is 681. The minimum absolute atomic E-state index is 0.0148. The number of carbonyl (C=O) groups excluding carboxylic acids is 1. The van der Waals surface area contributed by atoms with Crippen molar-refractivity contribution in [3.8, 4) is 5.69 Å². The van der Waals surface area contributed by atoms with Gasteiger partial charge in [-0.15, -0.1) is 5.10 Å². The summed E-state index contributed by atoms with van der Waals surface area (Å²) in [7, 11) is 0. The summed E-state index contributed by atoms with van der Waals surface area (Å²) in [5.74, 6) is -0.295. The first-order chi connectivity index (χ1) is 10.0. The number of hydrogen-bond donors (Lipinski definition) is 2. The Hall–Kier alpha value is -2.81. The standard InChI is InChI=1S/C12H14N6O3/c1-8-10(3-2-4-11(8)18(20)21)17-7-9(15-16-17)6-14-12(19)5-13/h2-4,7H,5-6,13H2,1H3,(H,14,19). The van der Waals surface area contributed by atoms with Crippen LogP contribution in [0.25, 0.3) is 5.69 Å². The van der Waals surface area contributed by atoms with Gasteiger partial charge in [-0.2, -0.15) is 0 Å². The first-order valence-corrected chi connectivity index (χ1v) is 6.15. The molecule has 3 N–H and O–H groups in total. The van der Waals surface area contributed by atoms with Crippen LogP contribution in [0.5, 0.6) is 0 Å². The summed E-state index contributed by atoms with van der Waals surface area (Å²) < 4.78 is 1.44. The SMILES string of the molecule is Cc1c(-n2cc(CNC(=O)CN)nn2)cccc1[N+](=O)[O-]. The number of nitro groups is 1. The minimum atomic E-state index is -0.446. The van der Waals surface area contributed by atoms with Gasteiger partial charge >= 0.3 is 0 Å². The maximum atomic E-state index is 11.1. The fourth-order valence-corrected chi connectivity index (χ4v) is 1.82. The number of nitrogens with two attached hydrogens (primary N) is 1. The molecule has 0 radical (unpaired) electrons. The molecule has 0 bridgehead atoms. The van der Waals surface area contributed by atoms with Gasteiger partial charge in [-0.25, -0.2) is 4.68 Å². The number of amides is 1. The third-order valence-corrected chi connectivity index (χ3v) is 2.91. The van der Waals surface area contributed by atoms with Gasteiger partial charge in [0.05, 0.1) is 35.5 Å². The van der Waals surface area contributed by atoms with Crippen LogP contribution in [-0.4, -0.2) is 32.4 Å². The number of nitro benzene ring substituents is 1. The van der Waals surface area contributed by atoms with Gasteiger partial charge in [0.15, 0.2) is 0 Å². The predicted octanol–water partition coefficient (Wildman–Crippen LogP) is 0.0588. The Morgan fingerprint density at radius 1 is 1.52 bits per heavy atom. The second-order valence-electron chi connectivity index (χ2n) is 4.31. The number of hydrogen-bond acceptors (Lipinski definition) is 6. The molecule has 0 spiro atoms. The maximum absolute atomic E-state index is 11.1. The van der Waals surface area contributed by atoms with Crippen LogP contribution in [0.2, 0.25) is 0 Å². The molecule has 0 aliphatic heterocycles. The molecular weight excluding hydrogens is 276 g/mol. The van der Waals surface area contributed by atoms with Crippen molar-refractivity contribution in [2.45, 2.75) is 13.5 Å². The molecular formula is C12H14N6O3. The molecule has 1 amide bonds. The molecule has 1 aromatic heterocycles. The summed E-state index contributed by atoms with van der Waals surface area (Å²) in [6, 6.07) is 4.72. The van der Waals surface area contributed by atoms with E-state index in [2.05, 4.69) is 15.6 Å². The molecule has 2 rings (SSSR count). The Kier molecular flexibility index (Phi) is 4.24. The van der Waals surface area contributed by atoms with E-state index in [-0.39, 0.29) is 24.7 Å². The van der Waals surface area contributed by atoms with Gasteiger partial charge in [0, 0.05) is 6.07 Å². The van der Waals surface area contributed by atoms with E-state index in [1.807, 2.05) is 0 Å². The number of nitrogens with one attached hydrogen (secondary N) is 1. The molecule has 9 heteroatoms. The molecule has 0 aliphatic carbocycles. The van der Waals surface area contributed by atoms with Gasteiger partial charge in [-0.05, 0) is 13.0 Å². The van der Waals surface area contributed by atoms with Crippen molar-refractivity contribution in [2.24, 2.45) is 5.73 Å². The highest BCUT2D eigenvalue weighted by molar-refractivity contribution is 5.77. The fourth-order valence-electron chi connectivity index (χ4n) is 1.82. The van der Waals surface area contributed by atoms with Crippen molar-refractivity contribution in [1.29, 1.82) is 0 Å². The van der Waals surface area contributed by atoms with Crippen LogP contribution >= 0.6 is 0 Å². The number of nitrogens with zero attached hydrogens (tertiary/aromatic N) is 4. The monoisotopic (exact) mass is 290 g/mol. The summed E-state index contributed by atoms with van der Waals surface area (Å²) in [5, 5.41) is 21.3. The van der Waals surface area contributed by atoms with Crippen LogP contribution in [0.4, 0.5) is 5.69 Å². The van der Waals surface area contributed by atoms with E-state index in [9.17, 15) is 14.9 Å². The zero-order valence-electron chi connectivity index (χ0n) is 11.3. The quantitative estimate of drug-likeness (QED) is 0.591. The average molecular weight is 290 g/mol. The molecule has 1 heterocycles. The summed E-state index contributed by atoms with van der Waals surface area (Å²) in [4.78, 5) is 21.5. The molecule has 9 nitrogen and oxygen atoms in total. The molecule has 2 aromatic rings. The second-order valence-corrected chi connectivity index (χ2v) is 4.31. The highest BCUT2D eigenvalue weighted by Gasteiger charge is 2.15. The number of carbonyl (C=O) groups is 1. The van der Waals surface area contributed by atoms with Crippen molar-refractivity contribution in [2.75, 3.05) is 6.54 Å². The zero-order valence-corrected chi connectivity index (χ0v) is 11.3. The van der Waals surface area contributed by atoms with E-state index in [1.165, 1.54) is 10.7 Å². The summed E-state index contributed by atoms with van der Waals surface area (Å²) >= 11 is 0. The lowest BCUT2D eigenvalue weighted by Gasteiger charge is -2.04. The highest BCUT2D eigenvalue weighted by Crippen LogP contribution is 2.23. The molecule has 0 fully saturated rings. The lowest BCUT2D eigenvalue weighted by Crippen LogP contribution is -2.29. The normalized spacial score (nSPS) is 10.4. The Morgan fingerprint density at radius 2 is 2.29 bits per heavy atom. The van der Waals surface area contributed by atoms with Gasteiger partial charge in [-0.3, -0.25) is 14.9 Å². The highest BCUT2D eigenvalue weighted by atomic mass is 16.6. The van der Waals surface area contributed by atoms with Crippen LogP contribution in [-0.2, 0) is 11.3 Å². The molecule has 0 saturated carbocycles. The molecule has 0 aliphatic rings. The molecule has 0 atom stereocenters. The Morgan fingerprint density at radius 3 is 2.95 bits per heavy atom. The molecule has 0 unspecified atom stereocenters. The van der Waals surface area contributed by atoms with Crippen molar-refractivity contribution in [1.82, 2.24) is 20.3 Å². The van der Waals surface area contributed by atoms with Gasteiger partial charge in [-0.1, -0.05) is 11.3 Å². The largest absolute Gasteiger partial charge is 0.349 e. The average Bonchev–Trinajstić information content (AvgIpc) is 2.93. The van der Waals surface area contributed by atoms with Crippen molar-refractivity contribution >= 4 is 11.6 Å². The Balaban J connectivity index is 2.24. The van der Waals surface area contributed by atoms with Crippen LogP contribution in [0, 0.1) is 17.0 Å². The summed E-state index contributed by atoms with van der Waals surface area (Å²) in [5.41, 5.74) is 6.78.